The van der Waals surface area contributed by atoms with Gasteiger partial charge in [-0.2, -0.15) is 8.78 Å². The molecule has 0 fully saturated rings. The van der Waals surface area contributed by atoms with E-state index in [1.54, 1.807) is 24.3 Å². The molecule has 0 radical (unpaired) electrons. The molecule has 1 aliphatic heterocycles. The highest BCUT2D eigenvalue weighted by molar-refractivity contribution is 6.30. The first-order chi connectivity index (χ1) is 13.4. The van der Waals surface area contributed by atoms with Crippen molar-refractivity contribution in [3.63, 3.8) is 0 Å². The van der Waals surface area contributed by atoms with Crippen molar-refractivity contribution in [1.82, 2.24) is 5.32 Å². The zero-order valence-electron chi connectivity index (χ0n) is 14.5. The largest absolute Gasteiger partial charge is 0.340 e. The van der Waals surface area contributed by atoms with Crippen molar-refractivity contribution >= 4 is 23.3 Å². The highest BCUT2D eigenvalue weighted by Crippen LogP contribution is 2.49. The summed E-state index contributed by atoms with van der Waals surface area (Å²) < 4.78 is 31.9. The third-order valence-electron chi connectivity index (χ3n) is 4.93. The lowest BCUT2D eigenvalue weighted by Gasteiger charge is -2.37. The first-order valence-corrected chi connectivity index (χ1v) is 8.91. The maximum Gasteiger partial charge on any atom is 0.340 e. The van der Waals surface area contributed by atoms with Crippen LogP contribution in [0.25, 0.3) is 0 Å². The summed E-state index contributed by atoms with van der Waals surface area (Å²) >= 11 is 6.05. The molecule has 0 aromatic heterocycles. The van der Waals surface area contributed by atoms with Crippen LogP contribution in [0, 0.1) is 0 Å². The Kier molecular flexibility index (Phi) is 4.27. The second-order valence-corrected chi connectivity index (χ2v) is 6.97. The Labute approximate surface area is 165 Å². The fourth-order valence-electron chi connectivity index (χ4n) is 3.63. The number of fused-ring (bicyclic) bond motifs is 1. The summed E-state index contributed by atoms with van der Waals surface area (Å²) in [5.41, 5.74) is -2.34. The van der Waals surface area contributed by atoms with Crippen LogP contribution in [0.4, 0.5) is 8.78 Å². The molecule has 4 rings (SSSR count). The van der Waals surface area contributed by atoms with E-state index in [0.29, 0.717) is 0 Å². The van der Waals surface area contributed by atoms with Crippen LogP contribution in [-0.4, -0.2) is 17.6 Å². The maximum atomic E-state index is 15.9. The molecule has 1 heterocycles. The topological polar surface area (TPSA) is 46.2 Å². The Morgan fingerprint density at radius 2 is 1.61 bits per heavy atom. The van der Waals surface area contributed by atoms with Crippen LogP contribution >= 0.6 is 11.6 Å². The van der Waals surface area contributed by atoms with Gasteiger partial charge in [-0.15, -0.1) is 0 Å². The van der Waals surface area contributed by atoms with E-state index in [2.05, 4.69) is 5.32 Å². The van der Waals surface area contributed by atoms with Crippen LogP contribution in [-0.2, 0) is 5.54 Å². The van der Waals surface area contributed by atoms with Crippen molar-refractivity contribution in [1.29, 1.82) is 0 Å². The van der Waals surface area contributed by atoms with E-state index in [0.717, 1.165) is 0 Å². The SMILES string of the molecule is O=C1NC(c2cccc(Cl)c2)(C(F)(F)C(=O)c2ccccc2)c2ccccc21. The zero-order valence-corrected chi connectivity index (χ0v) is 15.2. The molecule has 28 heavy (non-hydrogen) atoms. The van der Waals surface area contributed by atoms with E-state index >= 15 is 8.78 Å². The van der Waals surface area contributed by atoms with Crippen LogP contribution in [0.2, 0.25) is 5.02 Å². The van der Waals surface area contributed by atoms with Crippen LogP contribution in [0.1, 0.15) is 31.8 Å². The molecular formula is C22H14ClF2NO2. The molecule has 6 heteroatoms. The van der Waals surface area contributed by atoms with E-state index in [4.69, 9.17) is 11.6 Å². The molecule has 0 saturated carbocycles. The summed E-state index contributed by atoms with van der Waals surface area (Å²) in [5.74, 6) is -6.03. The number of carbonyl (C=O) groups excluding carboxylic acids is 2. The predicted octanol–water partition coefficient (Wildman–Crippen LogP) is 4.85. The molecule has 0 aliphatic carbocycles. The number of benzene rings is 3. The van der Waals surface area contributed by atoms with Crippen LogP contribution in [0.3, 0.4) is 0 Å². The lowest BCUT2D eigenvalue weighted by molar-refractivity contribution is -0.0411. The molecule has 1 aliphatic rings. The summed E-state index contributed by atoms with van der Waals surface area (Å²) in [7, 11) is 0. The van der Waals surface area contributed by atoms with Gasteiger partial charge in [0.15, 0.2) is 5.54 Å². The molecule has 1 atom stereocenters. The standard InChI is InChI=1S/C22H14ClF2NO2/c23-16-10-6-9-15(13-16)21(18-12-5-4-11-17(18)20(28)26-21)22(24,25)19(27)14-7-2-1-3-8-14/h1-13H,(H,26,28). The van der Waals surface area contributed by atoms with E-state index in [9.17, 15) is 9.59 Å². The third kappa shape index (κ3) is 2.54. The first kappa shape index (κ1) is 18.3. The Balaban J connectivity index is 2.00. The molecule has 140 valence electrons. The number of amides is 1. The molecule has 1 unspecified atom stereocenters. The number of hydrogen-bond acceptors (Lipinski definition) is 2. The Morgan fingerprint density at radius 1 is 0.929 bits per heavy atom. The molecule has 1 N–H and O–H groups in total. The van der Waals surface area contributed by atoms with Gasteiger partial charge in [0.1, 0.15) is 0 Å². The number of carbonyl (C=O) groups is 2. The quantitative estimate of drug-likeness (QED) is 0.640. The van der Waals surface area contributed by atoms with Gasteiger partial charge in [-0.25, -0.2) is 0 Å². The number of Topliss-reactive ketones (excluding diaryl/α,β-unsaturated/α-hetero) is 1. The van der Waals surface area contributed by atoms with Crippen LogP contribution < -0.4 is 5.32 Å². The number of alkyl halides is 2. The van der Waals surface area contributed by atoms with Crippen molar-refractivity contribution in [2.24, 2.45) is 0 Å². The molecule has 3 aromatic carbocycles. The average molecular weight is 398 g/mol. The highest BCUT2D eigenvalue weighted by Gasteiger charge is 2.65. The first-order valence-electron chi connectivity index (χ1n) is 8.53. The number of nitrogens with one attached hydrogen (secondary N) is 1. The lowest BCUT2D eigenvalue weighted by atomic mass is 9.75. The van der Waals surface area contributed by atoms with E-state index in [1.807, 2.05) is 0 Å². The Morgan fingerprint density at radius 3 is 2.32 bits per heavy atom. The van der Waals surface area contributed by atoms with Gasteiger partial charge >= 0.3 is 5.92 Å². The fourth-order valence-corrected chi connectivity index (χ4v) is 3.82. The third-order valence-corrected chi connectivity index (χ3v) is 5.16. The fraction of sp³-hybridized carbons (Fsp3) is 0.0909. The minimum Gasteiger partial charge on any atom is -0.333 e. The van der Waals surface area contributed by atoms with Crippen molar-refractivity contribution in [3.8, 4) is 0 Å². The van der Waals surface area contributed by atoms with Crippen molar-refractivity contribution in [2.75, 3.05) is 0 Å². The molecule has 0 saturated heterocycles. The normalized spacial score (nSPS) is 18.5. The summed E-state index contributed by atoms with van der Waals surface area (Å²) in [4.78, 5) is 25.5. The molecule has 0 bridgehead atoms. The van der Waals surface area contributed by atoms with Crippen molar-refractivity contribution in [3.05, 3.63) is 106 Å². The van der Waals surface area contributed by atoms with Crippen molar-refractivity contribution in [2.45, 2.75) is 11.5 Å². The molecular weight excluding hydrogens is 384 g/mol. The van der Waals surface area contributed by atoms with Gasteiger partial charge in [-0.05, 0) is 23.8 Å². The van der Waals surface area contributed by atoms with Gasteiger partial charge in [-0.1, -0.05) is 72.3 Å². The smallest absolute Gasteiger partial charge is 0.333 e. The summed E-state index contributed by atoms with van der Waals surface area (Å²) in [6, 6.07) is 19.2. The van der Waals surface area contributed by atoms with Crippen LogP contribution in [0.15, 0.2) is 78.9 Å². The highest BCUT2D eigenvalue weighted by atomic mass is 35.5. The van der Waals surface area contributed by atoms with Crippen molar-refractivity contribution < 1.29 is 18.4 Å². The minimum absolute atomic E-state index is 0.0348. The Bertz CT molecular complexity index is 1080. The van der Waals surface area contributed by atoms with Gasteiger partial charge < -0.3 is 5.32 Å². The van der Waals surface area contributed by atoms with Crippen LogP contribution in [0.5, 0.6) is 0 Å². The maximum absolute atomic E-state index is 15.9. The second-order valence-electron chi connectivity index (χ2n) is 6.53. The monoisotopic (exact) mass is 397 g/mol. The zero-order chi connectivity index (χ0) is 19.9. The van der Waals surface area contributed by atoms with Gasteiger partial charge in [0.2, 0.25) is 5.78 Å². The molecule has 3 aromatic rings. The van der Waals surface area contributed by atoms with E-state index < -0.39 is 23.2 Å². The number of hydrogen-bond donors (Lipinski definition) is 1. The Hall–Kier alpha value is -3.05. The molecule has 3 nitrogen and oxygen atoms in total. The van der Waals surface area contributed by atoms with Gasteiger partial charge in [0.25, 0.3) is 5.91 Å². The average Bonchev–Trinajstić information content (AvgIpc) is 3.02. The van der Waals surface area contributed by atoms with E-state index in [1.165, 1.54) is 54.6 Å². The lowest BCUT2D eigenvalue weighted by Crippen LogP contribution is -2.58. The molecule has 1 amide bonds. The number of ketones is 1. The van der Waals surface area contributed by atoms with Gasteiger partial charge in [-0.3, -0.25) is 9.59 Å². The summed E-state index contributed by atoms with van der Waals surface area (Å²) in [6.45, 7) is 0. The minimum atomic E-state index is -3.97. The predicted molar refractivity (Wildman–Crippen MR) is 102 cm³/mol. The number of halogens is 3. The summed E-state index contributed by atoms with van der Waals surface area (Å²) in [5, 5.41) is 2.62. The molecule has 0 spiro atoms. The summed E-state index contributed by atoms with van der Waals surface area (Å²) in [6.07, 6.45) is 0. The number of rotatable bonds is 4. The van der Waals surface area contributed by atoms with Gasteiger partial charge in [0, 0.05) is 21.7 Å². The van der Waals surface area contributed by atoms with E-state index in [-0.39, 0.29) is 27.3 Å². The second kappa shape index (κ2) is 6.53. The van der Waals surface area contributed by atoms with Gasteiger partial charge in [0.05, 0.1) is 0 Å².